The Morgan fingerprint density at radius 1 is 1.12 bits per heavy atom. The van der Waals surface area contributed by atoms with Crippen molar-refractivity contribution < 1.29 is 36.6 Å². The van der Waals surface area contributed by atoms with Crippen molar-refractivity contribution in [3.63, 3.8) is 0 Å². The number of hydrogen-bond acceptors (Lipinski definition) is 7. The number of aromatic nitrogens is 1. The predicted octanol–water partition coefficient (Wildman–Crippen LogP) is 5.19. The highest BCUT2D eigenvalue weighted by Gasteiger charge is 2.40. The van der Waals surface area contributed by atoms with Crippen LogP contribution in [0.1, 0.15) is 42.3 Å². The zero-order chi connectivity index (χ0) is 29.8. The molecule has 12 heteroatoms. The largest absolute Gasteiger partial charge is 0.486 e. The van der Waals surface area contributed by atoms with Gasteiger partial charge < -0.3 is 25.0 Å². The molecule has 1 aliphatic heterocycles. The minimum absolute atomic E-state index is 0.00253. The van der Waals surface area contributed by atoms with E-state index in [-0.39, 0.29) is 42.4 Å². The molecule has 1 aromatic heterocycles. The van der Waals surface area contributed by atoms with Crippen LogP contribution < -0.4 is 20.3 Å². The first-order chi connectivity index (χ1) is 19.3. The fourth-order valence-electron chi connectivity index (χ4n) is 4.27. The summed E-state index contributed by atoms with van der Waals surface area (Å²) in [4.78, 5) is 31.1. The first-order valence-corrected chi connectivity index (χ1v) is 12.9. The van der Waals surface area contributed by atoms with Crippen molar-refractivity contribution in [2.24, 2.45) is 0 Å². The molecule has 2 N–H and O–H groups in total. The molecule has 0 radical (unpaired) electrons. The summed E-state index contributed by atoms with van der Waals surface area (Å²) >= 11 is 0. The first-order valence-electron chi connectivity index (χ1n) is 12.9. The number of hydrogen-bond donors (Lipinski definition) is 2. The fourth-order valence-corrected chi connectivity index (χ4v) is 4.27. The van der Waals surface area contributed by atoms with E-state index in [9.17, 15) is 27.2 Å². The van der Waals surface area contributed by atoms with Gasteiger partial charge in [0, 0.05) is 54.5 Å². The number of halogens is 4. The van der Waals surface area contributed by atoms with E-state index in [0.29, 0.717) is 12.1 Å². The zero-order valence-corrected chi connectivity index (χ0v) is 22.7. The Hall–Kier alpha value is -4.19. The number of esters is 1. The van der Waals surface area contributed by atoms with Crippen LogP contribution in [0.4, 0.5) is 28.9 Å². The van der Waals surface area contributed by atoms with Gasteiger partial charge in [-0.15, -0.1) is 0 Å². The molecule has 8 nitrogen and oxygen atoms in total. The molecule has 0 bridgehead atoms. The van der Waals surface area contributed by atoms with Gasteiger partial charge in [0.1, 0.15) is 18.2 Å². The van der Waals surface area contributed by atoms with Crippen molar-refractivity contribution in [3.8, 4) is 5.75 Å². The van der Waals surface area contributed by atoms with E-state index in [1.807, 2.05) is 0 Å². The van der Waals surface area contributed by atoms with E-state index in [0.717, 1.165) is 12.1 Å². The minimum Gasteiger partial charge on any atom is -0.486 e. The lowest BCUT2D eigenvalue weighted by Gasteiger charge is -2.38. The van der Waals surface area contributed by atoms with E-state index < -0.39 is 41.1 Å². The number of nitrogens with one attached hydrogen (secondary N) is 2. The number of piperazine rings is 1. The second-order valence-electron chi connectivity index (χ2n) is 10.4. The Morgan fingerprint density at radius 3 is 2.59 bits per heavy atom. The molecule has 0 spiro atoms. The van der Waals surface area contributed by atoms with Crippen LogP contribution in [-0.4, -0.2) is 48.1 Å². The lowest BCUT2D eigenvalue weighted by atomic mass is 10.1. The summed E-state index contributed by atoms with van der Waals surface area (Å²) in [6, 6.07) is 9.21. The number of rotatable bonds is 7. The summed E-state index contributed by atoms with van der Waals surface area (Å²) in [6.07, 6.45) is -1.66. The number of benzene rings is 2. The van der Waals surface area contributed by atoms with Crippen LogP contribution in [0.15, 0.2) is 60.9 Å². The smallest absolute Gasteiger partial charge is 0.418 e. The number of alkyl halides is 3. The van der Waals surface area contributed by atoms with Crippen LogP contribution >= 0.6 is 0 Å². The fraction of sp³-hybridized carbons (Fsp3) is 0.345. The second kappa shape index (κ2) is 12.1. The highest BCUT2D eigenvalue weighted by molar-refractivity contribution is 6.04. The summed E-state index contributed by atoms with van der Waals surface area (Å²) in [6.45, 7) is 5.66. The van der Waals surface area contributed by atoms with E-state index >= 15 is 0 Å². The average Bonchev–Trinajstić information content (AvgIpc) is 2.91. The van der Waals surface area contributed by atoms with Gasteiger partial charge in [0.2, 0.25) is 0 Å². The Kier molecular flexibility index (Phi) is 8.81. The van der Waals surface area contributed by atoms with Gasteiger partial charge in [-0.3, -0.25) is 9.78 Å². The molecule has 218 valence electrons. The third-order valence-electron chi connectivity index (χ3n) is 6.10. The average molecular weight is 575 g/mol. The topological polar surface area (TPSA) is 92.8 Å². The van der Waals surface area contributed by atoms with Crippen molar-refractivity contribution in [1.82, 2.24) is 10.3 Å². The molecule has 41 heavy (non-hydrogen) atoms. The number of pyridine rings is 1. The van der Waals surface area contributed by atoms with Crippen LogP contribution in [0.2, 0.25) is 0 Å². The van der Waals surface area contributed by atoms with Crippen molar-refractivity contribution in [2.75, 3.05) is 29.9 Å². The zero-order valence-electron chi connectivity index (χ0n) is 22.7. The maximum Gasteiger partial charge on any atom is 0.418 e. The predicted molar refractivity (Wildman–Crippen MR) is 144 cm³/mol. The third kappa shape index (κ3) is 7.72. The normalized spacial score (nSPS) is 15.8. The van der Waals surface area contributed by atoms with Crippen LogP contribution in [0.3, 0.4) is 0 Å². The molecule has 0 aliphatic carbocycles. The van der Waals surface area contributed by atoms with Gasteiger partial charge in [0.15, 0.2) is 11.6 Å². The monoisotopic (exact) mass is 574 g/mol. The SMILES string of the molecule is CC(C)(C)OC(=O)C1CNCCN1c1ccc(NC(=O)c2ccc(F)c(OCc3cccnc3)c2)cc1C(F)(F)F. The summed E-state index contributed by atoms with van der Waals surface area (Å²) in [5, 5.41) is 5.46. The van der Waals surface area contributed by atoms with E-state index in [2.05, 4.69) is 15.6 Å². The third-order valence-corrected chi connectivity index (χ3v) is 6.10. The Morgan fingerprint density at radius 2 is 1.90 bits per heavy atom. The van der Waals surface area contributed by atoms with E-state index in [1.54, 1.807) is 45.3 Å². The number of carbonyl (C=O) groups is 2. The summed E-state index contributed by atoms with van der Waals surface area (Å²) in [7, 11) is 0. The van der Waals surface area contributed by atoms with Crippen LogP contribution in [0.25, 0.3) is 0 Å². The van der Waals surface area contributed by atoms with Crippen LogP contribution in [0.5, 0.6) is 5.75 Å². The highest BCUT2D eigenvalue weighted by atomic mass is 19.4. The van der Waals surface area contributed by atoms with Gasteiger partial charge in [0.25, 0.3) is 5.91 Å². The Labute approximate surface area is 234 Å². The second-order valence-corrected chi connectivity index (χ2v) is 10.4. The maximum atomic E-state index is 14.3. The highest BCUT2D eigenvalue weighted by Crippen LogP contribution is 2.39. The van der Waals surface area contributed by atoms with Crippen molar-refractivity contribution in [2.45, 2.75) is 45.2 Å². The molecular formula is C29H30F4N4O4. The Bertz CT molecular complexity index is 1390. The van der Waals surface area contributed by atoms with E-state index in [4.69, 9.17) is 9.47 Å². The maximum absolute atomic E-state index is 14.3. The molecule has 2 aromatic carbocycles. The molecule has 1 amide bonds. The van der Waals surface area contributed by atoms with Crippen LogP contribution in [-0.2, 0) is 22.3 Å². The summed E-state index contributed by atoms with van der Waals surface area (Å²) in [5.74, 6) is -2.30. The van der Waals surface area contributed by atoms with Gasteiger partial charge in [0.05, 0.1) is 5.56 Å². The van der Waals surface area contributed by atoms with Gasteiger partial charge in [-0.1, -0.05) is 6.07 Å². The molecule has 1 saturated heterocycles. The molecule has 3 aromatic rings. The summed E-state index contributed by atoms with van der Waals surface area (Å²) < 4.78 is 67.9. The number of carbonyl (C=O) groups excluding carboxylic acids is 2. The number of anilines is 2. The van der Waals surface area contributed by atoms with Crippen molar-refractivity contribution in [1.29, 1.82) is 0 Å². The molecule has 1 atom stereocenters. The molecule has 0 saturated carbocycles. The Balaban J connectivity index is 1.56. The van der Waals surface area contributed by atoms with Crippen LogP contribution in [0, 0.1) is 5.82 Å². The van der Waals surface area contributed by atoms with Gasteiger partial charge in [-0.25, -0.2) is 9.18 Å². The lowest BCUT2D eigenvalue weighted by molar-refractivity contribution is -0.157. The minimum atomic E-state index is -4.79. The van der Waals surface area contributed by atoms with Gasteiger partial charge in [-0.05, 0) is 63.2 Å². The number of ether oxygens (including phenoxy) is 2. The molecule has 1 aliphatic rings. The number of nitrogens with zero attached hydrogens (tertiary/aromatic N) is 2. The quantitative estimate of drug-likeness (QED) is 0.296. The standard InChI is InChI=1S/C29H30F4N4O4/c1-28(2,3)41-27(39)24-16-35-11-12-37(24)23-9-7-20(14-21(23)29(31,32)33)36-26(38)19-6-8-22(30)25(13-19)40-17-18-5-4-10-34-15-18/h4-10,13-15,24,35H,11-12,16-17H2,1-3H3,(H,36,38). The molecule has 1 unspecified atom stereocenters. The molecular weight excluding hydrogens is 544 g/mol. The molecule has 4 rings (SSSR count). The van der Waals surface area contributed by atoms with Crippen molar-refractivity contribution >= 4 is 23.3 Å². The lowest BCUT2D eigenvalue weighted by Crippen LogP contribution is -2.56. The summed E-state index contributed by atoms with van der Waals surface area (Å²) in [5.41, 5.74) is -1.51. The van der Waals surface area contributed by atoms with Gasteiger partial charge in [-0.2, -0.15) is 13.2 Å². The van der Waals surface area contributed by atoms with Crippen molar-refractivity contribution in [3.05, 3.63) is 83.4 Å². The number of amides is 1. The van der Waals surface area contributed by atoms with Gasteiger partial charge >= 0.3 is 12.1 Å². The van der Waals surface area contributed by atoms with E-state index in [1.165, 1.54) is 29.2 Å². The molecule has 2 heterocycles. The first kappa shape index (κ1) is 29.8. The molecule has 1 fully saturated rings.